The summed E-state index contributed by atoms with van der Waals surface area (Å²) in [4.78, 5) is 2.35. The molecule has 106 valence electrons. The third-order valence-corrected chi connectivity index (χ3v) is 5.49. The third-order valence-electron chi connectivity index (χ3n) is 3.73. The minimum atomic E-state index is 0.407. The molecule has 1 aromatic carbocycles. The maximum absolute atomic E-state index is 6.40. The lowest BCUT2D eigenvalue weighted by atomic mass is 9.99. The number of rotatable bonds is 2. The van der Waals surface area contributed by atoms with Gasteiger partial charge in [-0.3, -0.25) is 0 Å². The summed E-state index contributed by atoms with van der Waals surface area (Å²) < 4.78 is 0.839. The van der Waals surface area contributed by atoms with Crippen LogP contribution < -0.4 is 10.2 Å². The summed E-state index contributed by atoms with van der Waals surface area (Å²) in [5.41, 5.74) is 1.02. The monoisotopic (exact) mass is 364 g/mol. The summed E-state index contributed by atoms with van der Waals surface area (Å²) in [6, 6.07) is 4.89. The summed E-state index contributed by atoms with van der Waals surface area (Å²) in [6.45, 7) is 8.60. The molecule has 2 atom stereocenters. The first-order valence-electron chi connectivity index (χ1n) is 6.55. The van der Waals surface area contributed by atoms with Gasteiger partial charge >= 0.3 is 0 Å². The SMILES string of the molecule is CC(C)C1CN(c2ccc(Br)c(Cl)c2Cl)C(C)CN1. The van der Waals surface area contributed by atoms with Gasteiger partial charge in [-0.05, 0) is 40.9 Å². The molecule has 1 aliphatic rings. The molecule has 0 aliphatic carbocycles. The highest BCUT2D eigenvalue weighted by Gasteiger charge is 2.28. The topological polar surface area (TPSA) is 15.3 Å². The van der Waals surface area contributed by atoms with Crippen molar-refractivity contribution in [3.8, 4) is 0 Å². The lowest BCUT2D eigenvalue weighted by Gasteiger charge is -2.42. The fourth-order valence-electron chi connectivity index (χ4n) is 2.41. The van der Waals surface area contributed by atoms with Crippen LogP contribution in [0, 0.1) is 5.92 Å². The van der Waals surface area contributed by atoms with E-state index in [1.165, 1.54) is 0 Å². The van der Waals surface area contributed by atoms with E-state index >= 15 is 0 Å². The van der Waals surface area contributed by atoms with Crippen LogP contribution in [0.1, 0.15) is 20.8 Å². The van der Waals surface area contributed by atoms with Crippen LogP contribution in [0.4, 0.5) is 5.69 Å². The van der Waals surface area contributed by atoms with Crippen molar-refractivity contribution in [3.63, 3.8) is 0 Å². The Kier molecular flexibility index (Phi) is 5.04. The van der Waals surface area contributed by atoms with E-state index in [4.69, 9.17) is 23.2 Å². The third kappa shape index (κ3) is 3.21. The van der Waals surface area contributed by atoms with Crippen LogP contribution in [0.2, 0.25) is 10.0 Å². The Morgan fingerprint density at radius 3 is 2.63 bits per heavy atom. The second kappa shape index (κ2) is 6.21. The molecule has 0 amide bonds. The standard InChI is InChI=1S/C14H19BrCl2N2/c1-8(2)11-7-19(9(3)6-18-11)12-5-4-10(15)13(16)14(12)17/h4-5,8-9,11,18H,6-7H2,1-3H3. The molecule has 1 aliphatic heterocycles. The minimum Gasteiger partial charge on any atom is -0.365 e. The highest BCUT2D eigenvalue weighted by molar-refractivity contribution is 9.10. The number of benzene rings is 1. The Morgan fingerprint density at radius 2 is 2.00 bits per heavy atom. The Hall–Kier alpha value is 0.0400. The second-order valence-corrected chi connectivity index (χ2v) is 7.06. The van der Waals surface area contributed by atoms with Gasteiger partial charge in [-0.15, -0.1) is 0 Å². The Balaban J connectivity index is 2.31. The number of hydrogen-bond acceptors (Lipinski definition) is 2. The van der Waals surface area contributed by atoms with Gasteiger partial charge in [-0.2, -0.15) is 0 Å². The number of hydrogen-bond donors (Lipinski definition) is 1. The normalized spacial score (nSPS) is 24.1. The van der Waals surface area contributed by atoms with Crippen LogP contribution in [-0.4, -0.2) is 25.2 Å². The van der Waals surface area contributed by atoms with Gasteiger partial charge in [-0.25, -0.2) is 0 Å². The molecule has 5 heteroatoms. The molecule has 0 spiro atoms. The van der Waals surface area contributed by atoms with Crippen molar-refractivity contribution in [2.45, 2.75) is 32.9 Å². The maximum atomic E-state index is 6.40. The van der Waals surface area contributed by atoms with Crippen LogP contribution in [0.3, 0.4) is 0 Å². The Morgan fingerprint density at radius 1 is 1.32 bits per heavy atom. The van der Waals surface area contributed by atoms with Crippen molar-refractivity contribution in [2.24, 2.45) is 5.92 Å². The molecule has 1 saturated heterocycles. The van der Waals surface area contributed by atoms with Crippen LogP contribution in [0.25, 0.3) is 0 Å². The average molecular weight is 366 g/mol. The summed E-state index contributed by atoms with van der Waals surface area (Å²) >= 11 is 16.0. The predicted molar refractivity (Wildman–Crippen MR) is 87.6 cm³/mol. The van der Waals surface area contributed by atoms with Crippen molar-refractivity contribution < 1.29 is 0 Å². The van der Waals surface area contributed by atoms with Gasteiger partial charge < -0.3 is 10.2 Å². The van der Waals surface area contributed by atoms with Crippen LogP contribution >= 0.6 is 39.1 Å². The quantitative estimate of drug-likeness (QED) is 0.771. The maximum Gasteiger partial charge on any atom is 0.0837 e. The fourth-order valence-corrected chi connectivity index (χ4v) is 3.29. The van der Waals surface area contributed by atoms with Gasteiger partial charge in [0.15, 0.2) is 0 Å². The largest absolute Gasteiger partial charge is 0.365 e. The molecular weight excluding hydrogens is 347 g/mol. The lowest BCUT2D eigenvalue weighted by molar-refractivity contribution is 0.337. The predicted octanol–water partition coefficient (Wildman–Crippen LogP) is 4.58. The fraction of sp³-hybridized carbons (Fsp3) is 0.571. The molecule has 0 aromatic heterocycles. The number of halogens is 3. The van der Waals surface area contributed by atoms with E-state index < -0.39 is 0 Å². The highest BCUT2D eigenvalue weighted by atomic mass is 79.9. The molecule has 2 rings (SSSR count). The first kappa shape index (κ1) is 15.4. The van der Waals surface area contributed by atoms with Crippen molar-refractivity contribution in [3.05, 3.63) is 26.7 Å². The zero-order valence-electron chi connectivity index (χ0n) is 11.4. The van der Waals surface area contributed by atoms with E-state index in [9.17, 15) is 0 Å². The van der Waals surface area contributed by atoms with Gasteiger partial charge in [0.1, 0.15) is 0 Å². The van der Waals surface area contributed by atoms with E-state index in [1.54, 1.807) is 0 Å². The van der Waals surface area contributed by atoms with Gasteiger partial charge in [0.2, 0.25) is 0 Å². The second-order valence-electron chi connectivity index (χ2n) is 5.45. The smallest absolute Gasteiger partial charge is 0.0837 e. The summed E-state index contributed by atoms with van der Waals surface area (Å²) in [5, 5.41) is 4.81. The van der Waals surface area contributed by atoms with Gasteiger partial charge in [0, 0.05) is 29.6 Å². The van der Waals surface area contributed by atoms with Crippen LogP contribution in [0.15, 0.2) is 16.6 Å². The zero-order chi connectivity index (χ0) is 14.2. The first-order valence-corrected chi connectivity index (χ1v) is 8.10. The molecule has 0 saturated carbocycles. The highest BCUT2D eigenvalue weighted by Crippen LogP contribution is 2.39. The minimum absolute atomic E-state index is 0.407. The van der Waals surface area contributed by atoms with Crippen molar-refractivity contribution in [1.82, 2.24) is 5.32 Å². The molecule has 2 nitrogen and oxygen atoms in total. The average Bonchev–Trinajstić information content (AvgIpc) is 2.37. The van der Waals surface area contributed by atoms with E-state index in [-0.39, 0.29) is 0 Å². The van der Waals surface area contributed by atoms with Gasteiger partial charge in [0.25, 0.3) is 0 Å². The van der Waals surface area contributed by atoms with Crippen molar-refractivity contribution in [2.75, 3.05) is 18.0 Å². The van der Waals surface area contributed by atoms with Crippen molar-refractivity contribution in [1.29, 1.82) is 0 Å². The molecule has 1 heterocycles. The summed E-state index contributed by atoms with van der Waals surface area (Å²) in [5.74, 6) is 0.597. The Bertz CT molecular complexity index is 465. The van der Waals surface area contributed by atoms with Crippen LogP contribution in [-0.2, 0) is 0 Å². The molecule has 0 bridgehead atoms. The van der Waals surface area contributed by atoms with E-state index in [2.05, 4.69) is 46.9 Å². The number of nitrogens with zero attached hydrogens (tertiary/aromatic N) is 1. The van der Waals surface area contributed by atoms with E-state index in [0.717, 1.165) is 23.2 Å². The first-order chi connectivity index (χ1) is 8.91. The molecular formula is C14H19BrCl2N2. The number of anilines is 1. The molecule has 19 heavy (non-hydrogen) atoms. The number of nitrogens with one attached hydrogen (secondary N) is 1. The summed E-state index contributed by atoms with van der Waals surface area (Å²) in [6.07, 6.45) is 0. The van der Waals surface area contributed by atoms with E-state index in [1.807, 2.05) is 12.1 Å². The van der Waals surface area contributed by atoms with Gasteiger partial charge in [0.05, 0.1) is 15.7 Å². The van der Waals surface area contributed by atoms with Crippen LogP contribution in [0.5, 0.6) is 0 Å². The van der Waals surface area contributed by atoms with Crippen molar-refractivity contribution >= 4 is 44.8 Å². The Labute approximate surface area is 133 Å². The molecule has 1 fully saturated rings. The molecule has 2 unspecified atom stereocenters. The number of piperazine rings is 1. The van der Waals surface area contributed by atoms with E-state index in [0.29, 0.717) is 28.0 Å². The summed E-state index contributed by atoms with van der Waals surface area (Å²) in [7, 11) is 0. The molecule has 1 N–H and O–H groups in total. The van der Waals surface area contributed by atoms with Gasteiger partial charge in [-0.1, -0.05) is 37.0 Å². The molecule has 1 aromatic rings. The zero-order valence-corrected chi connectivity index (χ0v) is 14.5. The lowest BCUT2D eigenvalue weighted by Crippen LogP contribution is -2.57. The molecule has 0 radical (unpaired) electrons.